The van der Waals surface area contributed by atoms with Gasteiger partial charge in [-0.1, -0.05) is 6.07 Å². The number of carbonyl (C=O) groups excluding carboxylic acids is 3. The minimum absolute atomic E-state index is 0.00980. The number of aliphatic imine (C=N–C) groups is 1. The number of esters is 2. The second-order valence-corrected chi connectivity index (χ2v) is 11.6. The zero-order valence-corrected chi connectivity index (χ0v) is 24.1. The van der Waals surface area contributed by atoms with E-state index in [1.165, 1.54) is 38.5 Å². The fraction of sp³-hybridized carbons (Fsp3) is 0.464. The summed E-state index contributed by atoms with van der Waals surface area (Å²) in [7, 11) is 2.54. The number of nitrogens with one attached hydrogen (secondary N) is 1. The van der Waals surface area contributed by atoms with Gasteiger partial charge in [-0.3, -0.25) is 14.7 Å². The second-order valence-electron chi connectivity index (χ2n) is 10.7. The van der Waals surface area contributed by atoms with Gasteiger partial charge < -0.3 is 24.6 Å². The van der Waals surface area contributed by atoms with E-state index < -0.39 is 41.7 Å². The lowest BCUT2D eigenvalue weighted by Crippen LogP contribution is -2.62. The zero-order chi connectivity index (χ0) is 29.7. The molecule has 1 saturated carbocycles. The number of fused-ring (bicyclic) bond motifs is 1. The van der Waals surface area contributed by atoms with E-state index >= 15 is 0 Å². The standard InChI is InChI=1S/C28H30F2N6O5S/c1-14-16(6-7-17(29)21(14)30)22-20(26(37)40-2)18(32-24(33-22)25-31-8-11-42-25)12-34-9-10-35-19(23(34)27(38)41-3)13-36(28(35)39)15-4-5-15/h6-8,11,15,19,22-23H,4-5,9-10,12-13H2,1-3H3,(H,32,33)/t19-,22-,23+/m0/s1. The van der Waals surface area contributed by atoms with E-state index in [1.54, 1.807) is 16.5 Å². The molecule has 1 aliphatic carbocycles. The van der Waals surface area contributed by atoms with E-state index in [-0.39, 0.29) is 35.3 Å². The highest BCUT2D eigenvalue weighted by Gasteiger charge is 2.53. The average molecular weight is 601 g/mol. The monoisotopic (exact) mass is 600 g/mol. The molecule has 0 spiro atoms. The SMILES string of the molecule is COC(=O)C1=C(CN2CCN3C(=O)N(C4CC4)C[C@H]3[C@@H]2C(=O)OC)NC(c2nccs2)=N[C@H]1c1ccc(F)c(F)c1C. The number of urea groups is 1. The number of amides is 2. The number of aromatic nitrogens is 1. The van der Waals surface area contributed by atoms with Crippen molar-refractivity contribution in [2.24, 2.45) is 4.99 Å². The van der Waals surface area contributed by atoms with Crippen LogP contribution in [0.25, 0.3) is 0 Å². The highest BCUT2D eigenvalue weighted by molar-refractivity contribution is 7.11. The van der Waals surface area contributed by atoms with Crippen molar-refractivity contribution in [1.82, 2.24) is 25.0 Å². The molecular weight excluding hydrogens is 570 g/mol. The predicted octanol–water partition coefficient (Wildman–Crippen LogP) is 2.37. The lowest BCUT2D eigenvalue weighted by molar-refractivity contribution is -0.150. The maximum atomic E-state index is 14.7. The molecule has 2 amide bonds. The zero-order valence-electron chi connectivity index (χ0n) is 23.3. The Labute approximate surface area is 244 Å². The molecule has 6 rings (SSSR count). The Hall–Kier alpha value is -3.91. The smallest absolute Gasteiger partial charge is 0.338 e. The molecule has 11 nitrogen and oxygen atoms in total. The summed E-state index contributed by atoms with van der Waals surface area (Å²) < 4.78 is 39.2. The maximum Gasteiger partial charge on any atom is 0.338 e. The van der Waals surface area contributed by atoms with E-state index in [4.69, 9.17) is 14.5 Å². The number of piperazine rings is 1. The molecular formula is C28H30F2N6O5S. The van der Waals surface area contributed by atoms with Crippen LogP contribution in [0, 0.1) is 18.6 Å². The maximum absolute atomic E-state index is 14.7. The topological polar surface area (TPSA) is 117 Å². The van der Waals surface area contributed by atoms with Crippen molar-refractivity contribution in [3.05, 3.63) is 62.7 Å². The molecule has 0 unspecified atom stereocenters. The first-order valence-corrected chi connectivity index (χ1v) is 14.5. The third kappa shape index (κ3) is 4.81. The van der Waals surface area contributed by atoms with E-state index in [9.17, 15) is 23.2 Å². The molecule has 222 valence electrons. The summed E-state index contributed by atoms with van der Waals surface area (Å²) in [6, 6.07) is 0.256. The van der Waals surface area contributed by atoms with Gasteiger partial charge in [-0.05, 0) is 37.0 Å². The molecule has 0 radical (unpaired) electrons. The molecule has 2 aromatic rings. The second kappa shape index (κ2) is 11.1. The van der Waals surface area contributed by atoms with Gasteiger partial charge in [-0.2, -0.15) is 0 Å². The van der Waals surface area contributed by atoms with Crippen LogP contribution in [0.2, 0.25) is 0 Å². The van der Waals surface area contributed by atoms with Gasteiger partial charge in [0.1, 0.15) is 12.1 Å². The number of thiazole rings is 1. The lowest BCUT2D eigenvalue weighted by atomic mass is 9.91. The van der Waals surface area contributed by atoms with Gasteiger partial charge in [0.15, 0.2) is 22.5 Å². The van der Waals surface area contributed by atoms with Crippen LogP contribution in [-0.2, 0) is 19.1 Å². The van der Waals surface area contributed by atoms with Crippen molar-refractivity contribution in [2.45, 2.75) is 43.9 Å². The molecule has 0 bridgehead atoms. The summed E-state index contributed by atoms with van der Waals surface area (Å²) in [6.45, 7) is 2.62. The van der Waals surface area contributed by atoms with Crippen LogP contribution in [0.5, 0.6) is 0 Å². The van der Waals surface area contributed by atoms with Crippen molar-refractivity contribution in [3.8, 4) is 0 Å². The molecule has 4 heterocycles. The number of carbonyl (C=O) groups is 3. The number of rotatable bonds is 7. The van der Waals surface area contributed by atoms with E-state index in [2.05, 4.69) is 10.3 Å². The van der Waals surface area contributed by atoms with Gasteiger partial charge in [0, 0.05) is 49.5 Å². The first-order chi connectivity index (χ1) is 20.2. The summed E-state index contributed by atoms with van der Waals surface area (Å²) in [5, 5.41) is 5.52. The number of ether oxygens (including phenoxy) is 2. The van der Waals surface area contributed by atoms with Gasteiger partial charge in [-0.15, -0.1) is 11.3 Å². The van der Waals surface area contributed by atoms with Crippen molar-refractivity contribution in [2.75, 3.05) is 40.4 Å². The largest absolute Gasteiger partial charge is 0.468 e. The van der Waals surface area contributed by atoms with Crippen LogP contribution in [0.15, 0.2) is 40.0 Å². The number of amidine groups is 1. The minimum Gasteiger partial charge on any atom is -0.468 e. The molecule has 3 fully saturated rings. The Balaban J connectivity index is 1.42. The molecule has 3 atom stereocenters. The van der Waals surface area contributed by atoms with Crippen LogP contribution >= 0.6 is 11.3 Å². The number of nitrogens with zero attached hydrogens (tertiary/aromatic N) is 5. The van der Waals surface area contributed by atoms with Gasteiger partial charge in [-0.25, -0.2) is 23.4 Å². The molecule has 4 aliphatic rings. The van der Waals surface area contributed by atoms with Gasteiger partial charge in [0.05, 0.1) is 25.8 Å². The Kier molecular flexibility index (Phi) is 7.43. The number of hydrogen-bond acceptors (Lipinski definition) is 10. The fourth-order valence-electron chi connectivity index (χ4n) is 6.04. The van der Waals surface area contributed by atoms with Crippen molar-refractivity contribution in [1.29, 1.82) is 0 Å². The van der Waals surface area contributed by atoms with Crippen LogP contribution in [0.4, 0.5) is 13.6 Å². The van der Waals surface area contributed by atoms with Crippen molar-refractivity contribution >= 4 is 35.1 Å². The van der Waals surface area contributed by atoms with Crippen molar-refractivity contribution < 1.29 is 32.6 Å². The van der Waals surface area contributed by atoms with Crippen LogP contribution < -0.4 is 5.32 Å². The number of hydrogen-bond donors (Lipinski definition) is 1. The molecule has 1 aromatic heterocycles. The Bertz CT molecular complexity index is 1490. The van der Waals surface area contributed by atoms with Crippen LogP contribution in [0.1, 0.15) is 35.0 Å². The van der Waals surface area contributed by atoms with E-state index in [1.807, 2.05) is 9.80 Å². The number of halogens is 2. The highest BCUT2D eigenvalue weighted by atomic mass is 32.1. The number of benzene rings is 1. The molecule has 2 saturated heterocycles. The van der Waals surface area contributed by atoms with E-state index in [0.717, 1.165) is 18.9 Å². The highest BCUT2D eigenvalue weighted by Crippen LogP contribution is 2.38. The Morgan fingerprint density at radius 1 is 1.14 bits per heavy atom. The fourth-order valence-corrected chi connectivity index (χ4v) is 6.63. The van der Waals surface area contributed by atoms with Crippen LogP contribution in [0.3, 0.4) is 0 Å². The summed E-state index contributed by atoms with van der Waals surface area (Å²) in [5.41, 5.74) is 0.774. The minimum atomic E-state index is -1.04. The van der Waals surface area contributed by atoms with Crippen molar-refractivity contribution in [3.63, 3.8) is 0 Å². The molecule has 42 heavy (non-hydrogen) atoms. The lowest BCUT2D eigenvalue weighted by Gasteiger charge is -2.43. The average Bonchev–Trinajstić information content (AvgIpc) is 3.57. The molecule has 14 heteroatoms. The predicted molar refractivity (Wildman–Crippen MR) is 148 cm³/mol. The summed E-state index contributed by atoms with van der Waals surface area (Å²) in [6.07, 6.45) is 3.50. The summed E-state index contributed by atoms with van der Waals surface area (Å²) in [5.74, 6) is -2.91. The van der Waals surface area contributed by atoms with Gasteiger partial charge in [0.2, 0.25) is 0 Å². The van der Waals surface area contributed by atoms with E-state index in [0.29, 0.717) is 36.2 Å². The number of methoxy groups -OCH3 is 2. The molecule has 1 aromatic carbocycles. The van der Waals surface area contributed by atoms with Crippen LogP contribution in [-0.4, -0.2) is 102 Å². The quantitative estimate of drug-likeness (QED) is 0.482. The van der Waals surface area contributed by atoms with Gasteiger partial charge in [0.25, 0.3) is 0 Å². The van der Waals surface area contributed by atoms with Gasteiger partial charge >= 0.3 is 18.0 Å². The third-order valence-corrected chi connectivity index (χ3v) is 9.07. The summed E-state index contributed by atoms with van der Waals surface area (Å²) >= 11 is 1.32. The normalized spacial score (nSPS) is 24.4. The summed E-state index contributed by atoms with van der Waals surface area (Å²) in [4.78, 5) is 54.2. The first kappa shape index (κ1) is 28.2. The Morgan fingerprint density at radius 2 is 1.93 bits per heavy atom. The molecule has 1 N–H and O–H groups in total. The third-order valence-electron chi connectivity index (χ3n) is 8.29. The molecule has 3 aliphatic heterocycles. The first-order valence-electron chi connectivity index (χ1n) is 13.6. The Morgan fingerprint density at radius 3 is 2.60 bits per heavy atom.